The number of amides is 1. The molecule has 0 unspecified atom stereocenters. The van der Waals surface area contributed by atoms with Crippen LogP contribution in [0.25, 0.3) is 0 Å². The van der Waals surface area contributed by atoms with Gasteiger partial charge in [-0.2, -0.15) is 0 Å². The maximum absolute atomic E-state index is 11.1. The lowest BCUT2D eigenvalue weighted by Crippen LogP contribution is -2.08. The van der Waals surface area contributed by atoms with Crippen molar-refractivity contribution < 1.29 is 4.79 Å². The Kier molecular flexibility index (Phi) is 4.66. The molecule has 0 fully saturated rings. The van der Waals surface area contributed by atoms with Crippen molar-refractivity contribution in [2.45, 2.75) is 19.3 Å². The number of carbonyl (C=O) groups is 1. The van der Waals surface area contributed by atoms with Gasteiger partial charge >= 0.3 is 0 Å². The van der Waals surface area contributed by atoms with E-state index < -0.39 is 0 Å². The molecule has 0 saturated heterocycles. The first kappa shape index (κ1) is 11.2. The molecule has 0 aliphatic carbocycles. The zero-order chi connectivity index (χ0) is 10.4. The summed E-state index contributed by atoms with van der Waals surface area (Å²) < 4.78 is 0. The minimum absolute atomic E-state index is 0.139. The van der Waals surface area contributed by atoms with Gasteiger partial charge in [-0.05, 0) is 30.3 Å². The second-order valence-electron chi connectivity index (χ2n) is 3.06. The van der Waals surface area contributed by atoms with Gasteiger partial charge in [-0.15, -0.1) is 0 Å². The zero-order valence-electron chi connectivity index (χ0n) is 8.22. The van der Waals surface area contributed by atoms with E-state index in [2.05, 4.69) is 27.3 Å². The van der Waals surface area contributed by atoms with Crippen molar-refractivity contribution in [1.82, 2.24) is 0 Å². The number of hydrogen-bond acceptors (Lipinski definition) is 1. The molecule has 0 atom stereocenters. The van der Waals surface area contributed by atoms with Gasteiger partial charge in [-0.3, -0.25) is 4.79 Å². The molecule has 1 amide bonds. The maximum atomic E-state index is 11.1. The molecule has 1 aromatic carbocycles. The molecule has 1 N–H and O–H groups in total. The van der Waals surface area contributed by atoms with Crippen molar-refractivity contribution in [1.29, 1.82) is 0 Å². The molecule has 14 heavy (non-hydrogen) atoms. The minimum atomic E-state index is 0.139. The summed E-state index contributed by atoms with van der Waals surface area (Å²) in [5.41, 5.74) is 2.24. The number of aryl methyl sites for hydroxylation is 1. The molecule has 0 spiro atoms. The number of halogens is 1. The summed E-state index contributed by atoms with van der Waals surface area (Å²) in [6.07, 6.45) is 2.62. The third kappa shape index (κ3) is 2.84. The average Bonchev–Trinajstić information content (AvgIpc) is 2.41. The molecular formula is C11H14BrNO. The van der Waals surface area contributed by atoms with E-state index in [4.69, 9.17) is 0 Å². The molecule has 0 radical (unpaired) electrons. The van der Waals surface area contributed by atoms with Crippen LogP contribution in [0.5, 0.6) is 0 Å². The Morgan fingerprint density at radius 2 is 1.93 bits per heavy atom. The number of nitrogens with one attached hydrogen (secondary N) is 1. The number of anilines is 1. The van der Waals surface area contributed by atoms with Crippen LogP contribution < -0.4 is 5.32 Å². The number of rotatable bonds is 0. The highest BCUT2D eigenvalue weighted by Gasteiger charge is 2.10. The number of benzene rings is 1. The standard InChI is InChI=1S/C10H11NO.CH3Br/c12-10-7-3-5-8-4-1-2-6-9(8)11-10;1-2/h1-2,4,6H,3,5,7H2,(H,11,12);1H3. The molecule has 2 rings (SSSR count). The van der Waals surface area contributed by atoms with Crippen LogP contribution in [0.1, 0.15) is 18.4 Å². The van der Waals surface area contributed by atoms with Gasteiger partial charge < -0.3 is 5.32 Å². The first-order valence-electron chi connectivity index (χ1n) is 4.62. The maximum Gasteiger partial charge on any atom is 0.224 e. The van der Waals surface area contributed by atoms with Gasteiger partial charge in [0.05, 0.1) is 0 Å². The summed E-state index contributed by atoms with van der Waals surface area (Å²) in [7, 11) is 0. The highest BCUT2D eigenvalue weighted by Crippen LogP contribution is 2.20. The second kappa shape index (κ2) is 5.81. The highest BCUT2D eigenvalue weighted by molar-refractivity contribution is 9.08. The molecule has 0 bridgehead atoms. The molecular weight excluding hydrogens is 242 g/mol. The van der Waals surface area contributed by atoms with Crippen LogP contribution in [-0.2, 0) is 11.2 Å². The van der Waals surface area contributed by atoms with Gasteiger partial charge in [-0.1, -0.05) is 34.1 Å². The van der Waals surface area contributed by atoms with Crippen molar-refractivity contribution in [2.75, 3.05) is 11.1 Å². The molecule has 0 aromatic heterocycles. The third-order valence-corrected chi connectivity index (χ3v) is 2.14. The smallest absolute Gasteiger partial charge is 0.224 e. The van der Waals surface area contributed by atoms with E-state index >= 15 is 0 Å². The SMILES string of the molecule is CBr.O=C1CCCc2ccccc2N1. The molecule has 76 valence electrons. The van der Waals surface area contributed by atoms with Crippen LogP contribution >= 0.6 is 15.9 Å². The van der Waals surface area contributed by atoms with Gasteiger partial charge in [-0.25, -0.2) is 0 Å². The first-order chi connectivity index (χ1) is 6.86. The molecule has 3 heteroatoms. The van der Waals surface area contributed by atoms with Crippen LogP contribution in [0.4, 0.5) is 5.69 Å². The monoisotopic (exact) mass is 255 g/mol. The van der Waals surface area contributed by atoms with E-state index in [1.165, 1.54) is 5.56 Å². The molecule has 1 aliphatic rings. The number of hydrogen-bond donors (Lipinski definition) is 1. The predicted octanol–water partition coefficient (Wildman–Crippen LogP) is 2.97. The van der Waals surface area contributed by atoms with Gasteiger partial charge in [0.2, 0.25) is 5.91 Å². The van der Waals surface area contributed by atoms with Crippen LogP contribution in [0.15, 0.2) is 24.3 Å². The average molecular weight is 256 g/mol. The number of alkyl halides is 1. The molecule has 2 nitrogen and oxygen atoms in total. The Morgan fingerprint density at radius 3 is 2.71 bits per heavy atom. The Morgan fingerprint density at radius 1 is 1.21 bits per heavy atom. The lowest BCUT2D eigenvalue weighted by atomic mass is 10.1. The highest BCUT2D eigenvalue weighted by atomic mass is 79.9. The fourth-order valence-electron chi connectivity index (χ4n) is 1.51. The van der Waals surface area contributed by atoms with E-state index in [0.29, 0.717) is 6.42 Å². The van der Waals surface area contributed by atoms with Crippen molar-refractivity contribution >= 4 is 27.5 Å². The summed E-state index contributed by atoms with van der Waals surface area (Å²) in [5.74, 6) is 1.95. The predicted molar refractivity (Wildman–Crippen MR) is 62.9 cm³/mol. The quantitative estimate of drug-likeness (QED) is 0.710. The van der Waals surface area contributed by atoms with Crippen molar-refractivity contribution in [2.24, 2.45) is 0 Å². The van der Waals surface area contributed by atoms with E-state index in [0.717, 1.165) is 18.5 Å². The lowest BCUT2D eigenvalue weighted by molar-refractivity contribution is -0.116. The van der Waals surface area contributed by atoms with E-state index in [1.54, 1.807) is 0 Å². The van der Waals surface area contributed by atoms with Crippen LogP contribution in [-0.4, -0.2) is 11.7 Å². The zero-order valence-corrected chi connectivity index (χ0v) is 9.80. The van der Waals surface area contributed by atoms with Gasteiger partial charge in [0.15, 0.2) is 0 Å². The first-order valence-corrected chi connectivity index (χ1v) is 6.20. The second-order valence-corrected chi connectivity index (χ2v) is 3.06. The molecule has 0 saturated carbocycles. The summed E-state index contributed by atoms with van der Waals surface area (Å²) >= 11 is 2.94. The molecule has 1 aromatic rings. The van der Waals surface area contributed by atoms with Crippen LogP contribution in [0, 0.1) is 0 Å². The molecule has 1 aliphatic heterocycles. The van der Waals surface area contributed by atoms with Crippen molar-refractivity contribution in [3.8, 4) is 0 Å². The molecule has 1 heterocycles. The summed E-state index contributed by atoms with van der Waals surface area (Å²) in [6, 6.07) is 7.99. The van der Waals surface area contributed by atoms with E-state index in [-0.39, 0.29) is 5.91 Å². The Hall–Kier alpha value is -0.830. The summed E-state index contributed by atoms with van der Waals surface area (Å²) in [4.78, 5) is 11.1. The normalized spacial score (nSPS) is 14.3. The minimum Gasteiger partial charge on any atom is -0.326 e. The van der Waals surface area contributed by atoms with E-state index in [9.17, 15) is 4.79 Å². The number of fused-ring (bicyclic) bond motifs is 1. The van der Waals surface area contributed by atoms with Gasteiger partial charge in [0, 0.05) is 12.1 Å². The summed E-state index contributed by atoms with van der Waals surface area (Å²) in [5, 5.41) is 2.88. The topological polar surface area (TPSA) is 29.1 Å². The van der Waals surface area contributed by atoms with Crippen molar-refractivity contribution in [3.05, 3.63) is 29.8 Å². The largest absolute Gasteiger partial charge is 0.326 e. The fraction of sp³-hybridized carbons (Fsp3) is 0.364. The lowest BCUT2D eigenvalue weighted by Gasteiger charge is -2.04. The van der Waals surface area contributed by atoms with Crippen molar-refractivity contribution in [3.63, 3.8) is 0 Å². The summed E-state index contributed by atoms with van der Waals surface area (Å²) in [6.45, 7) is 0. The third-order valence-electron chi connectivity index (χ3n) is 2.14. The van der Waals surface area contributed by atoms with Crippen LogP contribution in [0.3, 0.4) is 0 Å². The van der Waals surface area contributed by atoms with E-state index in [1.807, 2.05) is 24.0 Å². The Balaban J connectivity index is 0.000000461. The Bertz CT molecular complexity index is 312. The number of para-hydroxylation sites is 1. The Labute approximate surface area is 92.8 Å². The van der Waals surface area contributed by atoms with Crippen LogP contribution in [0.2, 0.25) is 0 Å². The van der Waals surface area contributed by atoms with Gasteiger partial charge in [0.25, 0.3) is 0 Å². The fourth-order valence-corrected chi connectivity index (χ4v) is 1.51. The van der Waals surface area contributed by atoms with Gasteiger partial charge in [0.1, 0.15) is 0 Å². The number of carbonyl (C=O) groups excluding carboxylic acids is 1.